The Morgan fingerprint density at radius 1 is 1.20 bits per heavy atom. The maximum atomic E-state index is 4.14. The van der Waals surface area contributed by atoms with Crippen LogP contribution in [0.2, 0.25) is 0 Å². The second kappa shape index (κ2) is 22.7. The summed E-state index contributed by atoms with van der Waals surface area (Å²) in [5, 5.41) is 0. The molecule has 0 rings (SSSR count). The fourth-order valence-electron chi connectivity index (χ4n) is 0. The van der Waals surface area contributed by atoms with Crippen LogP contribution in [0.15, 0.2) is 0 Å². The summed E-state index contributed by atoms with van der Waals surface area (Å²) in [6.07, 6.45) is 0. The van der Waals surface area contributed by atoms with Gasteiger partial charge in [-0.05, 0) is 0 Å². The van der Waals surface area contributed by atoms with Crippen molar-refractivity contribution in [1.82, 2.24) is 0 Å². The van der Waals surface area contributed by atoms with E-state index < -0.39 is 0 Å². The molecular weight excluding hydrogens is 569 g/mol. The minimum atomic E-state index is 0. The van der Waals surface area contributed by atoms with E-state index in [-0.39, 0.29) is 108 Å². The molecule has 0 nitrogen and oxygen atoms in total. The minimum absolute atomic E-state index is 0. The van der Waals surface area contributed by atoms with E-state index >= 15 is 0 Å². The minimum Gasteiger partial charge on any atom is 0 e. The number of hydrogen-bond donors (Lipinski definition) is 0. The first-order valence-electron chi connectivity index (χ1n) is 0.154. The van der Waals surface area contributed by atoms with Gasteiger partial charge in [0.05, 0.1) is 0 Å². The van der Waals surface area contributed by atoms with E-state index in [1.807, 2.05) is 0 Å². The Hall–Kier alpha value is 5.43. The Kier molecular flexibility index (Phi) is 102. The SMILES string of the molecule is [Gd].[La].[S]=[Eu].[Y]. The first kappa shape index (κ1) is 22.4. The maximum absolute atomic E-state index is 4.14. The van der Waals surface area contributed by atoms with Crippen molar-refractivity contribution in [2.45, 2.75) is 0 Å². The third-order valence-electron chi connectivity index (χ3n) is 0. The topological polar surface area (TPSA) is 0 Å². The standard InChI is InChI=1S/Eu.Gd.La.S.Y. The van der Waals surface area contributed by atoms with E-state index in [1.165, 1.54) is 44.2 Å². The van der Waals surface area contributed by atoms with Crippen LogP contribution in [0.5, 0.6) is 0 Å². The smallest absolute Gasteiger partial charge is 0 e. The zero-order valence-electron chi connectivity index (χ0n) is 2.29. The van der Waals surface area contributed by atoms with E-state index in [2.05, 4.69) is 4.26 Å². The van der Waals surface area contributed by atoms with Crippen molar-refractivity contribution >= 4 is 4.26 Å². The molecule has 0 N–H and O–H groups in total. The second-order valence-electron chi connectivity index (χ2n) is 0. The Labute approximate surface area is 151 Å². The van der Waals surface area contributed by atoms with Crippen LogP contribution in [0.1, 0.15) is 0 Å². The first-order chi connectivity index (χ1) is 1.00. The van der Waals surface area contributed by atoms with E-state index in [0.717, 1.165) is 0 Å². The van der Waals surface area contributed by atoms with Crippen molar-refractivity contribution in [3.63, 3.8) is 0 Å². The zero-order valence-corrected chi connectivity index (χ0v) is 14.3. The fourth-order valence-corrected chi connectivity index (χ4v) is 0. The van der Waals surface area contributed by atoms with Gasteiger partial charge in [-0.15, -0.1) is 0 Å². The van der Waals surface area contributed by atoms with Crippen molar-refractivity contribution in [2.24, 2.45) is 0 Å². The largest absolute Gasteiger partial charge is 0 e. The van der Waals surface area contributed by atoms with Gasteiger partial charge in [-0.25, -0.2) is 0 Å². The fraction of sp³-hybridized carbons (Fsp3) is 0. The summed E-state index contributed by atoms with van der Waals surface area (Å²) in [6, 6.07) is 0. The average molecular weight is 569 g/mol. The Bertz CT molecular complexity index is 11.6. The van der Waals surface area contributed by atoms with Crippen LogP contribution in [-0.2, 0) is 32.7 Å². The summed E-state index contributed by atoms with van der Waals surface area (Å²) in [5.74, 6) is 0. The predicted molar refractivity (Wildman–Crippen MR) is 7.59 cm³/mol. The second-order valence-corrected chi connectivity index (χ2v) is 0. The van der Waals surface area contributed by atoms with Crippen LogP contribution < -0.4 is 0 Å². The van der Waals surface area contributed by atoms with Gasteiger partial charge in [0, 0.05) is 108 Å². The molecule has 0 unspecified atom stereocenters. The summed E-state index contributed by atoms with van der Waals surface area (Å²) >= 11 is 1.31. The molecule has 27 valence electrons. The molecule has 0 heterocycles. The van der Waals surface area contributed by atoms with Crippen LogP contribution in [0.4, 0.5) is 0 Å². The molecule has 2 radical (unpaired) electrons. The van der Waals surface area contributed by atoms with E-state index in [4.69, 9.17) is 0 Å². The molecule has 0 aliphatic heterocycles. The van der Waals surface area contributed by atoms with Gasteiger partial charge in [0.1, 0.15) is 0 Å². The van der Waals surface area contributed by atoms with Crippen molar-refractivity contribution in [3.05, 3.63) is 0 Å². The Balaban J connectivity index is -0.00000000167. The van der Waals surface area contributed by atoms with Gasteiger partial charge in [0.25, 0.3) is 0 Å². The third-order valence-corrected chi connectivity index (χ3v) is 0. The first-order valence-corrected chi connectivity index (χ1v) is 3.43. The van der Waals surface area contributed by atoms with Gasteiger partial charge >= 0.3 is 48.4 Å². The summed E-state index contributed by atoms with van der Waals surface area (Å²) in [5.41, 5.74) is 0. The van der Waals surface area contributed by atoms with Gasteiger partial charge in [0.15, 0.2) is 0 Å². The molecule has 0 saturated carbocycles. The van der Waals surface area contributed by atoms with Gasteiger partial charge in [-0.2, -0.15) is 0 Å². The van der Waals surface area contributed by atoms with E-state index in [0.29, 0.717) is 0 Å². The summed E-state index contributed by atoms with van der Waals surface area (Å²) in [7, 11) is 0. The van der Waals surface area contributed by atoms with Crippen molar-refractivity contribution in [3.8, 4) is 0 Å². The molecule has 5 heteroatoms. The van der Waals surface area contributed by atoms with E-state index in [1.54, 1.807) is 0 Å². The van der Waals surface area contributed by atoms with Crippen molar-refractivity contribution in [1.29, 1.82) is 0 Å². The van der Waals surface area contributed by atoms with Crippen LogP contribution in [0, 0.1) is 120 Å². The summed E-state index contributed by atoms with van der Waals surface area (Å²) in [6.45, 7) is 0. The summed E-state index contributed by atoms with van der Waals surface area (Å²) < 4.78 is 4.14. The number of hydrogen-bond acceptors (Lipinski definition) is 1. The van der Waals surface area contributed by atoms with Crippen LogP contribution in [-0.4, -0.2) is 0 Å². The molecule has 0 bridgehead atoms. The van der Waals surface area contributed by atoms with Gasteiger partial charge in [-0.1, -0.05) is 0 Å². The molecule has 0 amide bonds. The van der Waals surface area contributed by atoms with Gasteiger partial charge in [0.2, 0.25) is 0 Å². The average Bonchev–Trinajstić information content (AvgIpc) is 1.00. The maximum Gasteiger partial charge on any atom is 0 e. The monoisotopic (exact) mass is 571 g/mol. The summed E-state index contributed by atoms with van der Waals surface area (Å²) in [4.78, 5) is 0. The molecule has 0 aromatic rings. The molecule has 0 spiro atoms. The van der Waals surface area contributed by atoms with Gasteiger partial charge in [-0.3, -0.25) is 0 Å². The molecule has 0 saturated heterocycles. The predicted octanol–water partition coefficient (Wildman–Crippen LogP) is 0.646. The molecule has 0 aliphatic carbocycles. The molecule has 0 aromatic heterocycles. The Morgan fingerprint density at radius 2 is 1.20 bits per heavy atom. The molecule has 0 fully saturated rings. The molecular formula is EuGdLaSY. The Morgan fingerprint density at radius 3 is 1.20 bits per heavy atom. The van der Waals surface area contributed by atoms with Gasteiger partial charge < -0.3 is 0 Å². The molecule has 5 heavy (non-hydrogen) atoms. The van der Waals surface area contributed by atoms with Crippen LogP contribution in [0.25, 0.3) is 0 Å². The van der Waals surface area contributed by atoms with Crippen molar-refractivity contribution < 1.29 is 152 Å². The molecule has 0 aromatic carbocycles. The quantitative estimate of drug-likeness (QED) is 0.414. The van der Waals surface area contributed by atoms with E-state index in [9.17, 15) is 0 Å². The van der Waals surface area contributed by atoms with Crippen LogP contribution >= 0.6 is 4.26 Å². The molecule has 0 atom stereocenters. The molecule has 0 aliphatic rings. The number of rotatable bonds is 0. The van der Waals surface area contributed by atoms with Crippen LogP contribution in [0.3, 0.4) is 0 Å². The van der Waals surface area contributed by atoms with Crippen molar-refractivity contribution in [2.75, 3.05) is 0 Å². The third kappa shape index (κ3) is 17.7. The zero-order chi connectivity index (χ0) is 2.00. The normalized spacial score (nSPS) is 0.800.